The Morgan fingerprint density at radius 1 is 1.00 bits per heavy atom. The monoisotopic (exact) mass is 384 g/mol. The van der Waals surface area contributed by atoms with Crippen molar-refractivity contribution < 1.29 is 9.59 Å². The van der Waals surface area contributed by atoms with Gasteiger partial charge in [0.25, 0.3) is 0 Å². The van der Waals surface area contributed by atoms with Crippen molar-refractivity contribution in [3.63, 3.8) is 0 Å². The largest absolute Gasteiger partial charge is 0.368 e. The molecule has 3 aromatic carbocycles. The van der Waals surface area contributed by atoms with E-state index in [0.717, 1.165) is 15.7 Å². The lowest BCUT2D eigenvalue weighted by atomic mass is 10.1. The van der Waals surface area contributed by atoms with Crippen LogP contribution in [0, 0.1) is 0 Å². The molecule has 132 valence electrons. The molecule has 6 heteroatoms. The van der Waals surface area contributed by atoms with Crippen LogP contribution < -0.4 is 11.1 Å². The molecular formula is C20H17ClN2O2S. The van der Waals surface area contributed by atoms with Crippen molar-refractivity contribution >= 4 is 45.9 Å². The van der Waals surface area contributed by atoms with E-state index in [1.807, 2.05) is 42.5 Å². The minimum absolute atomic E-state index is 0.154. The van der Waals surface area contributed by atoms with Crippen molar-refractivity contribution in [1.29, 1.82) is 0 Å². The van der Waals surface area contributed by atoms with Gasteiger partial charge in [-0.25, -0.2) is 0 Å². The normalized spacial score (nSPS) is 11.9. The minimum Gasteiger partial charge on any atom is -0.368 e. The smallest absolute Gasteiger partial charge is 0.244 e. The van der Waals surface area contributed by atoms with Crippen LogP contribution in [-0.4, -0.2) is 17.6 Å². The molecule has 0 bridgehead atoms. The minimum atomic E-state index is -0.847. The van der Waals surface area contributed by atoms with Crippen LogP contribution >= 0.6 is 23.4 Å². The Kier molecular flexibility index (Phi) is 5.81. The molecule has 0 saturated heterocycles. The Balaban J connectivity index is 1.72. The molecule has 4 nitrogen and oxygen atoms in total. The van der Waals surface area contributed by atoms with Crippen molar-refractivity contribution in [3.8, 4) is 0 Å². The van der Waals surface area contributed by atoms with E-state index in [1.54, 1.807) is 24.3 Å². The Morgan fingerprint density at radius 3 is 2.38 bits per heavy atom. The molecule has 1 unspecified atom stereocenters. The zero-order chi connectivity index (χ0) is 18.5. The van der Waals surface area contributed by atoms with Gasteiger partial charge in [0.1, 0.15) is 6.04 Å². The predicted octanol–water partition coefficient (Wildman–Crippen LogP) is 3.93. The molecule has 2 amide bonds. The first-order valence-electron chi connectivity index (χ1n) is 8.00. The number of primary amides is 1. The maximum Gasteiger partial charge on any atom is 0.244 e. The predicted molar refractivity (Wildman–Crippen MR) is 106 cm³/mol. The number of carbonyl (C=O) groups excluding carboxylic acids is 2. The van der Waals surface area contributed by atoms with Gasteiger partial charge in [0, 0.05) is 15.3 Å². The second-order valence-corrected chi connectivity index (χ2v) is 7.12. The molecule has 0 saturated carbocycles. The molecule has 0 spiro atoms. The maximum absolute atomic E-state index is 12.4. The van der Waals surface area contributed by atoms with Crippen LogP contribution in [-0.2, 0) is 9.59 Å². The lowest BCUT2D eigenvalue weighted by molar-refractivity contribution is -0.126. The number of nitrogens with two attached hydrogens (primary N) is 1. The second kappa shape index (κ2) is 8.25. The van der Waals surface area contributed by atoms with Gasteiger partial charge >= 0.3 is 0 Å². The number of amides is 2. The van der Waals surface area contributed by atoms with Crippen molar-refractivity contribution in [2.24, 2.45) is 5.73 Å². The van der Waals surface area contributed by atoms with Crippen LogP contribution in [0.25, 0.3) is 10.8 Å². The summed E-state index contributed by atoms with van der Waals surface area (Å²) in [6.45, 7) is 0. The fourth-order valence-corrected chi connectivity index (χ4v) is 3.95. The number of nitrogens with one attached hydrogen (secondary N) is 1. The summed E-state index contributed by atoms with van der Waals surface area (Å²) in [5.74, 6) is -0.713. The number of benzene rings is 3. The highest BCUT2D eigenvalue weighted by Gasteiger charge is 2.20. The van der Waals surface area contributed by atoms with Gasteiger partial charge in [0.15, 0.2) is 0 Å². The van der Waals surface area contributed by atoms with E-state index >= 15 is 0 Å². The van der Waals surface area contributed by atoms with Gasteiger partial charge in [-0.3, -0.25) is 9.59 Å². The Bertz CT molecular complexity index is 942. The van der Waals surface area contributed by atoms with E-state index in [0.29, 0.717) is 10.6 Å². The molecule has 0 aromatic heterocycles. The van der Waals surface area contributed by atoms with Gasteiger partial charge in [0.2, 0.25) is 11.8 Å². The molecule has 0 aliphatic carbocycles. The Labute approximate surface area is 160 Å². The maximum atomic E-state index is 12.4. The molecule has 0 aliphatic rings. The van der Waals surface area contributed by atoms with Crippen LogP contribution in [0.4, 0.5) is 0 Å². The number of hydrogen-bond donors (Lipinski definition) is 2. The summed E-state index contributed by atoms with van der Waals surface area (Å²) in [5.41, 5.74) is 6.10. The van der Waals surface area contributed by atoms with E-state index in [1.165, 1.54) is 11.8 Å². The van der Waals surface area contributed by atoms with Crippen LogP contribution in [0.1, 0.15) is 11.6 Å². The lowest BCUT2D eigenvalue weighted by Gasteiger charge is -2.16. The van der Waals surface area contributed by atoms with Gasteiger partial charge in [-0.1, -0.05) is 66.2 Å². The third-order valence-corrected chi connectivity index (χ3v) is 5.27. The van der Waals surface area contributed by atoms with Gasteiger partial charge in [-0.05, 0) is 23.1 Å². The highest BCUT2D eigenvalue weighted by molar-refractivity contribution is 8.00. The van der Waals surface area contributed by atoms with Crippen LogP contribution in [0.5, 0.6) is 0 Å². The third kappa shape index (κ3) is 4.18. The van der Waals surface area contributed by atoms with Gasteiger partial charge < -0.3 is 11.1 Å². The summed E-state index contributed by atoms with van der Waals surface area (Å²) in [6, 6.07) is 19.6. The number of hydrogen-bond acceptors (Lipinski definition) is 3. The van der Waals surface area contributed by atoms with Gasteiger partial charge in [0.05, 0.1) is 5.75 Å². The quantitative estimate of drug-likeness (QED) is 0.632. The van der Waals surface area contributed by atoms with E-state index in [-0.39, 0.29) is 11.7 Å². The molecule has 3 aromatic rings. The highest BCUT2D eigenvalue weighted by Crippen LogP contribution is 2.33. The molecule has 26 heavy (non-hydrogen) atoms. The van der Waals surface area contributed by atoms with E-state index < -0.39 is 11.9 Å². The van der Waals surface area contributed by atoms with Crippen LogP contribution in [0.15, 0.2) is 71.6 Å². The molecule has 0 aliphatic heterocycles. The average molecular weight is 385 g/mol. The SMILES string of the molecule is NC(=O)C(NC(=O)CSc1cccc2cccc(Cl)c12)c1ccccc1. The fraction of sp³-hybridized carbons (Fsp3) is 0.100. The number of rotatable bonds is 6. The van der Waals surface area contributed by atoms with Crippen LogP contribution in [0.3, 0.4) is 0 Å². The molecule has 1 atom stereocenters. The summed E-state index contributed by atoms with van der Waals surface area (Å²) in [6.07, 6.45) is 0. The third-order valence-electron chi connectivity index (χ3n) is 3.90. The van der Waals surface area contributed by atoms with E-state index in [4.69, 9.17) is 17.3 Å². The molecular weight excluding hydrogens is 368 g/mol. The molecule has 0 radical (unpaired) electrons. The summed E-state index contributed by atoms with van der Waals surface area (Å²) in [5, 5.41) is 5.28. The Morgan fingerprint density at radius 2 is 1.69 bits per heavy atom. The van der Waals surface area contributed by atoms with Crippen molar-refractivity contribution in [2.45, 2.75) is 10.9 Å². The number of fused-ring (bicyclic) bond motifs is 1. The second-order valence-electron chi connectivity index (χ2n) is 5.70. The zero-order valence-electron chi connectivity index (χ0n) is 13.8. The first kappa shape index (κ1) is 18.3. The summed E-state index contributed by atoms with van der Waals surface area (Å²) >= 11 is 7.68. The standard InChI is InChI=1S/C20H17ClN2O2S/c21-15-10-4-8-13-9-5-11-16(18(13)15)26-12-17(24)23-19(20(22)25)14-6-2-1-3-7-14/h1-11,19H,12H2,(H2,22,25)(H,23,24). The average Bonchev–Trinajstić information content (AvgIpc) is 2.65. The van der Waals surface area contributed by atoms with Crippen molar-refractivity contribution in [2.75, 3.05) is 5.75 Å². The first-order valence-corrected chi connectivity index (χ1v) is 9.36. The van der Waals surface area contributed by atoms with Crippen molar-refractivity contribution in [1.82, 2.24) is 5.32 Å². The summed E-state index contributed by atoms with van der Waals surface area (Å²) in [7, 11) is 0. The van der Waals surface area contributed by atoms with E-state index in [9.17, 15) is 9.59 Å². The molecule has 3 N–H and O–H groups in total. The molecule has 0 fully saturated rings. The Hall–Kier alpha value is -2.50. The van der Waals surface area contributed by atoms with Crippen LogP contribution in [0.2, 0.25) is 5.02 Å². The van der Waals surface area contributed by atoms with Crippen molar-refractivity contribution in [3.05, 3.63) is 77.3 Å². The summed E-state index contributed by atoms with van der Waals surface area (Å²) < 4.78 is 0. The van der Waals surface area contributed by atoms with E-state index in [2.05, 4.69) is 5.32 Å². The van der Waals surface area contributed by atoms with Gasteiger partial charge in [-0.2, -0.15) is 0 Å². The number of carbonyl (C=O) groups is 2. The topological polar surface area (TPSA) is 72.2 Å². The molecule has 0 heterocycles. The summed E-state index contributed by atoms with van der Waals surface area (Å²) in [4.78, 5) is 25.0. The highest BCUT2D eigenvalue weighted by atomic mass is 35.5. The number of halogens is 1. The fourth-order valence-electron chi connectivity index (χ4n) is 2.69. The van der Waals surface area contributed by atoms with Gasteiger partial charge in [-0.15, -0.1) is 11.8 Å². The molecule has 3 rings (SSSR count). The number of thioether (sulfide) groups is 1. The first-order chi connectivity index (χ1) is 12.6. The lowest BCUT2D eigenvalue weighted by Crippen LogP contribution is -2.38. The zero-order valence-corrected chi connectivity index (χ0v) is 15.4.